The third-order valence-electron chi connectivity index (χ3n) is 4.28. The Balaban J connectivity index is 1.87. The van der Waals surface area contributed by atoms with Crippen molar-refractivity contribution < 1.29 is 4.79 Å². The van der Waals surface area contributed by atoms with E-state index in [4.69, 9.17) is 11.6 Å². The molecule has 1 aromatic heterocycles. The standard InChI is InChI=1S/C19H15ClN2O/c1-2-11-4-3-5-14-12(10-21-18(11)14)8-16-15-7-6-13(20)9-17(15)22-19(16)23/h3-10,21H,2H2,1H3,(H,22,23)/b16-8-. The number of aryl methyl sites for hydroxylation is 1. The molecule has 2 aromatic carbocycles. The van der Waals surface area contributed by atoms with E-state index in [1.807, 2.05) is 18.3 Å². The lowest BCUT2D eigenvalue weighted by Crippen LogP contribution is -2.03. The molecule has 0 unspecified atom stereocenters. The molecule has 1 amide bonds. The number of hydrogen-bond donors (Lipinski definition) is 2. The van der Waals surface area contributed by atoms with Gasteiger partial charge in [-0.2, -0.15) is 0 Å². The lowest BCUT2D eigenvalue weighted by atomic mass is 10.0. The van der Waals surface area contributed by atoms with Gasteiger partial charge in [-0.25, -0.2) is 0 Å². The number of halogens is 1. The van der Waals surface area contributed by atoms with Crippen LogP contribution in [0.25, 0.3) is 22.6 Å². The van der Waals surface area contributed by atoms with Gasteiger partial charge < -0.3 is 10.3 Å². The van der Waals surface area contributed by atoms with Crippen molar-refractivity contribution >= 4 is 45.7 Å². The Kier molecular flexibility index (Phi) is 3.24. The summed E-state index contributed by atoms with van der Waals surface area (Å²) < 4.78 is 0. The minimum absolute atomic E-state index is 0.0942. The van der Waals surface area contributed by atoms with E-state index in [2.05, 4.69) is 35.4 Å². The van der Waals surface area contributed by atoms with Crippen LogP contribution in [0.5, 0.6) is 0 Å². The Morgan fingerprint density at radius 3 is 2.91 bits per heavy atom. The van der Waals surface area contributed by atoms with Gasteiger partial charge in [0.15, 0.2) is 0 Å². The van der Waals surface area contributed by atoms with Crippen LogP contribution >= 0.6 is 11.6 Å². The first-order valence-electron chi connectivity index (χ1n) is 7.59. The van der Waals surface area contributed by atoms with E-state index in [0.29, 0.717) is 10.6 Å². The van der Waals surface area contributed by atoms with E-state index in [1.165, 1.54) is 5.56 Å². The quantitative estimate of drug-likeness (QED) is 0.649. The molecule has 114 valence electrons. The zero-order valence-corrected chi connectivity index (χ0v) is 13.4. The second-order valence-electron chi connectivity index (χ2n) is 5.64. The van der Waals surface area contributed by atoms with E-state index in [0.717, 1.165) is 34.1 Å². The van der Waals surface area contributed by atoms with Crippen LogP contribution in [-0.2, 0) is 11.2 Å². The number of aromatic amines is 1. The van der Waals surface area contributed by atoms with E-state index in [9.17, 15) is 4.79 Å². The first-order valence-corrected chi connectivity index (χ1v) is 7.97. The van der Waals surface area contributed by atoms with Gasteiger partial charge in [-0.15, -0.1) is 0 Å². The number of carbonyl (C=O) groups is 1. The van der Waals surface area contributed by atoms with Gasteiger partial charge in [0.05, 0.1) is 5.69 Å². The van der Waals surface area contributed by atoms with Gasteiger partial charge >= 0.3 is 0 Å². The van der Waals surface area contributed by atoms with Gasteiger partial charge in [0.2, 0.25) is 0 Å². The predicted octanol–water partition coefficient (Wildman–Crippen LogP) is 4.88. The topological polar surface area (TPSA) is 44.9 Å². The highest BCUT2D eigenvalue weighted by molar-refractivity contribution is 6.36. The number of rotatable bonds is 2. The van der Waals surface area contributed by atoms with Crippen LogP contribution in [0.3, 0.4) is 0 Å². The minimum atomic E-state index is -0.0942. The van der Waals surface area contributed by atoms with Crippen molar-refractivity contribution in [3.63, 3.8) is 0 Å². The molecule has 4 rings (SSSR count). The van der Waals surface area contributed by atoms with E-state index in [1.54, 1.807) is 12.1 Å². The molecule has 3 nitrogen and oxygen atoms in total. The molecule has 0 radical (unpaired) electrons. The highest BCUT2D eigenvalue weighted by Gasteiger charge is 2.24. The summed E-state index contributed by atoms with van der Waals surface area (Å²) in [6, 6.07) is 11.7. The number of H-pyrrole nitrogens is 1. The summed E-state index contributed by atoms with van der Waals surface area (Å²) in [7, 11) is 0. The van der Waals surface area contributed by atoms with Crippen molar-refractivity contribution in [3.05, 3.63) is 64.3 Å². The van der Waals surface area contributed by atoms with Gasteiger partial charge in [-0.1, -0.05) is 42.8 Å². The van der Waals surface area contributed by atoms with E-state index < -0.39 is 0 Å². The van der Waals surface area contributed by atoms with Crippen LogP contribution in [0, 0.1) is 0 Å². The maximum absolute atomic E-state index is 12.3. The summed E-state index contributed by atoms with van der Waals surface area (Å²) in [5, 5.41) is 4.62. The molecule has 0 spiro atoms. The smallest absolute Gasteiger partial charge is 0.256 e. The number of para-hydroxylation sites is 1. The SMILES string of the molecule is CCc1cccc2c(/C=C3\C(=O)Nc4cc(Cl)ccc43)c[nH]c12. The van der Waals surface area contributed by atoms with Crippen LogP contribution in [0.15, 0.2) is 42.6 Å². The summed E-state index contributed by atoms with van der Waals surface area (Å²) in [6.45, 7) is 2.14. The molecule has 0 atom stereocenters. The van der Waals surface area contributed by atoms with Crippen LogP contribution in [0.2, 0.25) is 5.02 Å². The first kappa shape index (κ1) is 14.1. The molecule has 3 aromatic rings. The van der Waals surface area contributed by atoms with Crippen LogP contribution in [0.1, 0.15) is 23.6 Å². The van der Waals surface area contributed by atoms with Crippen molar-refractivity contribution in [3.8, 4) is 0 Å². The molecule has 0 saturated carbocycles. The zero-order chi connectivity index (χ0) is 16.0. The van der Waals surface area contributed by atoms with Crippen molar-refractivity contribution in [1.82, 2.24) is 4.98 Å². The zero-order valence-electron chi connectivity index (χ0n) is 12.6. The molecule has 0 saturated heterocycles. The number of anilines is 1. The van der Waals surface area contributed by atoms with Gasteiger partial charge in [-0.3, -0.25) is 4.79 Å². The van der Waals surface area contributed by atoms with Crippen LogP contribution in [-0.4, -0.2) is 10.9 Å². The second-order valence-corrected chi connectivity index (χ2v) is 6.08. The highest BCUT2D eigenvalue weighted by atomic mass is 35.5. The number of fused-ring (bicyclic) bond motifs is 2. The lowest BCUT2D eigenvalue weighted by Gasteiger charge is -2.00. The summed E-state index contributed by atoms with van der Waals surface area (Å²) >= 11 is 6.00. The van der Waals surface area contributed by atoms with Gasteiger partial charge in [-0.05, 0) is 30.2 Å². The largest absolute Gasteiger partial charge is 0.360 e. The molecule has 2 heterocycles. The van der Waals surface area contributed by atoms with E-state index in [-0.39, 0.29) is 5.91 Å². The van der Waals surface area contributed by atoms with E-state index >= 15 is 0 Å². The average molecular weight is 323 g/mol. The number of benzene rings is 2. The number of amides is 1. The third kappa shape index (κ3) is 2.25. The first-order chi connectivity index (χ1) is 11.2. The average Bonchev–Trinajstić information content (AvgIpc) is 3.09. The third-order valence-corrected chi connectivity index (χ3v) is 4.51. The molecule has 4 heteroatoms. The maximum Gasteiger partial charge on any atom is 0.256 e. The summed E-state index contributed by atoms with van der Waals surface area (Å²) in [4.78, 5) is 15.6. The Hall–Kier alpha value is -2.52. The Labute approximate surface area is 139 Å². The molecule has 0 aliphatic carbocycles. The molecular formula is C19H15ClN2O. The normalized spacial score (nSPS) is 15.2. The molecular weight excluding hydrogens is 308 g/mol. The van der Waals surface area contributed by atoms with Gasteiger partial charge in [0.1, 0.15) is 0 Å². The van der Waals surface area contributed by atoms with Gasteiger partial charge in [0.25, 0.3) is 5.91 Å². The van der Waals surface area contributed by atoms with Gasteiger partial charge in [0, 0.05) is 38.8 Å². The fourth-order valence-electron chi connectivity index (χ4n) is 3.12. The molecule has 0 fully saturated rings. The highest BCUT2D eigenvalue weighted by Crippen LogP contribution is 2.36. The molecule has 23 heavy (non-hydrogen) atoms. The Morgan fingerprint density at radius 1 is 1.22 bits per heavy atom. The minimum Gasteiger partial charge on any atom is -0.360 e. The summed E-state index contributed by atoms with van der Waals surface area (Å²) in [5.74, 6) is -0.0942. The van der Waals surface area contributed by atoms with Crippen LogP contribution < -0.4 is 5.32 Å². The fourth-order valence-corrected chi connectivity index (χ4v) is 3.29. The lowest BCUT2D eigenvalue weighted by molar-refractivity contribution is -0.110. The molecule has 1 aliphatic rings. The van der Waals surface area contributed by atoms with Crippen molar-refractivity contribution in [2.75, 3.05) is 5.32 Å². The number of carbonyl (C=O) groups excluding carboxylic acids is 1. The molecule has 1 aliphatic heterocycles. The van der Waals surface area contributed by atoms with Crippen molar-refractivity contribution in [2.24, 2.45) is 0 Å². The monoisotopic (exact) mass is 322 g/mol. The second kappa shape index (κ2) is 5.28. The van der Waals surface area contributed by atoms with Crippen molar-refractivity contribution in [2.45, 2.75) is 13.3 Å². The number of hydrogen-bond acceptors (Lipinski definition) is 1. The molecule has 0 bridgehead atoms. The number of aromatic nitrogens is 1. The maximum atomic E-state index is 12.3. The summed E-state index contributed by atoms with van der Waals surface area (Å²) in [6.07, 6.45) is 4.86. The summed E-state index contributed by atoms with van der Waals surface area (Å²) in [5.41, 5.74) is 5.75. The Bertz CT molecular complexity index is 969. The van der Waals surface area contributed by atoms with Crippen LogP contribution in [0.4, 0.5) is 5.69 Å². The number of nitrogens with one attached hydrogen (secondary N) is 2. The molecule has 2 N–H and O–H groups in total. The predicted molar refractivity (Wildman–Crippen MR) is 95.6 cm³/mol. The van der Waals surface area contributed by atoms with Crippen molar-refractivity contribution in [1.29, 1.82) is 0 Å². The fraction of sp³-hybridized carbons (Fsp3) is 0.105. The Morgan fingerprint density at radius 2 is 2.09 bits per heavy atom.